The maximum Gasteiger partial charge on any atom is 0.101 e. The van der Waals surface area contributed by atoms with Gasteiger partial charge in [0.15, 0.2) is 0 Å². The Morgan fingerprint density at radius 2 is 2.20 bits per heavy atom. The lowest BCUT2D eigenvalue weighted by Gasteiger charge is -2.26. The van der Waals surface area contributed by atoms with E-state index in [2.05, 4.69) is 18.0 Å². The van der Waals surface area contributed by atoms with E-state index in [1.165, 1.54) is 45.1 Å². The Morgan fingerprint density at radius 1 is 1.27 bits per heavy atom. The molecule has 0 spiro atoms. The predicted molar refractivity (Wildman–Crippen MR) is 62.8 cm³/mol. The molecule has 0 aromatic carbocycles. The van der Waals surface area contributed by atoms with Crippen molar-refractivity contribution in [3.63, 3.8) is 0 Å². The van der Waals surface area contributed by atoms with Crippen LogP contribution in [0.5, 0.6) is 0 Å². The third-order valence-electron chi connectivity index (χ3n) is 3.76. The van der Waals surface area contributed by atoms with Crippen molar-refractivity contribution in [1.29, 1.82) is 0 Å². The summed E-state index contributed by atoms with van der Waals surface area (Å²) in [7, 11) is 2.28. The molecule has 0 aliphatic carbocycles. The van der Waals surface area contributed by atoms with E-state index in [1.54, 1.807) is 0 Å². The molecule has 86 valence electrons. The summed E-state index contributed by atoms with van der Waals surface area (Å²) in [4.78, 5) is 2.55. The van der Waals surface area contributed by atoms with Gasteiger partial charge in [0, 0.05) is 12.5 Å². The average molecular weight is 209 g/mol. The average Bonchev–Trinajstić information content (AvgIpc) is 2.67. The SMILES string of the molecule is CN1CCCCCC1CCC1CC=CO1. The fourth-order valence-corrected chi connectivity index (χ4v) is 2.68. The Morgan fingerprint density at radius 3 is 3.00 bits per heavy atom. The van der Waals surface area contributed by atoms with Crippen molar-refractivity contribution >= 4 is 0 Å². The molecule has 2 atom stereocenters. The van der Waals surface area contributed by atoms with Gasteiger partial charge in [0.2, 0.25) is 0 Å². The first kappa shape index (κ1) is 11.0. The quantitative estimate of drug-likeness (QED) is 0.708. The molecule has 1 saturated heterocycles. The van der Waals surface area contributed by atoms with E-state index in [1.807, 2.05) is 6.26 Å². The zero-order chi connectivity index (χ0) is 10.5. The van der Waals surface area contributed by atoms with Gasteiger partial charge in [-0.25, -0.2) is 0 Å². The zero-order valence-corrected chi connectivity index (χ0v) is 9.82. The van der Waals surface area contributed by atoms with Crippen LogP contribution in [-0.4, -0.2) is 30.6 Å². The van der Waals surface area contributed by atoms with Crippen LogP contribution in [-0.2, 0) is 4.74 Å². The number of hydrogen-bond donors (Lipinski definition) is 0. The van der Waals surface area contributed by atoms with Crippen LogP contribution in [0, 0.1) is 0 Å². The normalized spacial score (nSPS) is 32.6. The van der Waals surface area contributed by atoms with E-state index in [0.717, 1.165) is 12.5 Å². The maximum absolute atomic E-state index is 5.51. The van der Waals surface area contributed by atoms with Gasteiger partial charge in [-0.1, -0.05) is 12.8 Å². The number of likely N-dealkylation sites (tertiary alicyclic amines) is 1. The topological polar surface area (TPSA) is 12.5 Å². The summed E-state index contributed by atoms with van der Waals surface area (Å²) in [6.45, 7) is 1.29. The summed E-state index contributed by atoms with van der Waals surface area (Å²) < 4.78 is 5.51. The van der Waals surface area contributed by atoms with Crippen molar-refractivity contribution in [1.82, 2.24) is 4.90 Å². The van der Waals surface area contributed by atoms with Gasteiger partial charge in [-0.3, -0.25) is 0 Å². The van der Waals surface area contributed by atoms with E-state index in [-0.39, 0.29) is 0 Å². The van der Waals surface area contributed by atoms with Crippen LogP contribution in [0.25, 0.3) is 0 Å². The van der Waals surface area contributed by atoms with Crippen LogP contribution >= 0.6 is 0 Å². The largest absolute Gasteiger partial charge is 0.498 e. The molecular formula is C13H23NO. The second kappa shape index (κ2) is 5.55. The van der Waals surface area contributed by atoms with Crippen molar-refractivity contribution in [2.75, 3.05) is 13.6 Å². The van der Waals surface area contributed by atoms with Crippen molar-refractivity contribution in [3.8, 4) is 0 Å². The Kier molecular flexibility index (Phi) is 4.07. The highest BCUT2D eigenvalue weighted by Crippen LogP contribution is 2.22. The third-order valence-corrected chi connectivity index (χ3v) is 3.76. The van der Waals surface area contributed by atoms with E-state index in [0.29, 0.717) is 6.10 Å². The van der Waals surface area contributed by atoms with Gasteiger partial charge in [0.25, 0.3) is 0 Å². The second-order valence-corrected chi connectivity index (χ2v) is 4.93. The van der Waals surface area contributed by atoms with Gasteiger partial charge in [-0.2, -0.15) is 0 Å². The fraction of sp³-hybridized carbons (Fsp3) is 0.846. The van der Waals surface area contributed by atoms with Gasteiger partial charge in [0.1, 0.15) is 6.10 Å². The Hall–Kier alpha value is -0.500. The van der Waals surface area contributed by atoms with Gasteiger partial charge < -0.3 is 9.64 Å². The van der Waals surface area contributed by atoms with Gasteiger partial charge >= 0.3 is 0 Å². The summed E-state index contributed by atoms with van der Waals surface area (Å²) in [6.07, 6.45) is 13.7. The first-order chi connectivity index (χ1) is 7.36. The molecule has 0 N–H and O–H groups in total. The van der Waals surface area contributed by atoms with Crippen LogP contribution < -0.4 is 0 Å². The van der Waals surface area contributed by atoms with Crippen LogP contribution in [0.2, 0.25) is 0 Å². The van der Waals surface area contributed by atoms with Gasteiger partial charge in [-0.05, 0) is 45.4 Å². The molecule has 2 heterocycles. The molecule has 2 unspecified atom stereocenters. The smallest absolute Gasteiger partial charge is 0.101 e. The third kappa shape index (κ3) is 3.23. The number of hydrogen-bond acceptors (Lipinski definition) is 2. The monoisotopic (exact) mass is 209 g/mol. The van der Waals surface area contributed by atoms with E-state index in [9.17, 15) is 0 Å². The van der Waals surface area contributed by atoms with Crippen LogP contribution in [0.3, 0.4) is 0 Å². The second-order valence-electron chi connectivity index (χ2n) is 4.93. The van der Waals surface area contributed by atoms with Crippen LogP contribution in [0.1, 0.15) is 44.9 Å². The molecule has 2 rings (SSSR count). The van der Waals surface area contributed by atoms with Crippen LogP contribution in [0.4, 0.5) is 0 Å². The first-order valence-electron chi connectivity index (χ1n) is 6.37. The van der Waals surface area contributed by atoms with E-state index in [4.69, 9.17) is 4.74 Å². The van der Waals surface area contributed by atoms with Crippen molar-refractivity contribution < 1.29 is 4.74 Å². The summed E-state index contributed by atoms with van der Waals surface area (Å²) in [5.41, 5.74) is 0. The lowest BCUT2D eigenvalue weighted by atomic mass is 10.0. The predicted octanol–water partition coefficient (Wildman–Crippen LogP) is 2.94. The number of ether oxygens (including phenoxy) is 1. The summed E-state index contributed by atoms with van der Waals surface area (Å²) in [5, 5.41) is 0. The van der Waals surface area contributed by atoms with Crippen molar-refractivity contribution in [2.24, 2.45) is 0 Å². The summed E-state index contributed by atoms with van der Waals surface area (Å²) in [5.74, 6) is 0. The molecule has 15 heavy (non-hydrogen) atoms. The molecule has 2 aliphatic rings. The minimum absolute atomic E-state index is 0.474. The Balaban J connectivity index is 1.71. The molecule has 0 amide bonds. The highest BCUT2D eigenvalue weighted by atomic mass is 16.5. The Bertz CT molecular complexity index is 207. The summed E-state index contributed by atoms with van der Waals surface area (Å²) >= 11 is 0. The minimum Gasteiger partial charge on any atom is -0.498 e. The van der Waals surface area contributed by atoms with Crippen LogP contribution in [0.15, 0.2) is 12.3 Å². The number of nitrogens with zero attached hydrogens (tertiary/aromatic N) is 1. The molecule has 1 fully saturated rings. The van der Waals surface area contributed by atoms with Crippen molar-refractivity contribution in [2.45, 2.75) is 57.1 Å². The molecule has 2 heteroatoms. The molecule has 0 aromatic rings. The first-order valence-corrected chi connectivity index (χ1v) is 6.37. The number of rotatable bonds is 3. The molecule has 0 radical (unpaired) electrons. The lowest BCUT2D eigenvalue weighted by molar-refractivity contribution is 0.138. The van der Waals surface area contributed by atoms with Gasteiger partial charge in [-0.15, -0.1) is 0 Å². The zero-order valence-electron chi connectivity index (χ0n) is 9.82. The molecular weight excluding hydrogens is 186 g/mol. The minimum atomic E-state index is 0.474. The molecule has 2 nitrogen and oxygen atoms in total. The highest BCUT2D eigenvalue weighted by molar-refractivity contribution is 4.87. The standard InChI is InChI=1S/C13H23NO/c1-14-10-4-2-3-6-12(14)8-9-13-7-5-11-15-13/h5,11-13H,2-4,6-10H2,1H3. The van der Waals surface area contributed by atoms with E-state index >= 15 is 0 Å². The molecule has 0 bridgehead atoms. The lowest BCUT2D eigenvalue weighted by Crippen LogP contribution is -2.31. The van der Waals surface area contributed by atoms with Crippen molar-refractivity contribution in [3.05, 3.63) is 12.3 Å². The maximum atomic E-state index is 5.51. The highest BCUT2D eigenvalue weighted by Gasteiger charge is 2.20. The molecule has 0 saturated carbocycles. The Labute approximate surface area is 93.3 Å². The fourth-order valence-electron chi connectivity index (χ4n) is 2.68. The molecule has 2 aliphatic heterocycles. The molecule has 0 aromatic heterocycles. The van der Waals surface area contributed by atoms with Gasteiger partial charge in [0.05, 0.1) is 6.26 Å². The van der Waals surface area contributed by atoms with E-state index < -0.39 is 0 Å². The summed E-state index contributed by atoms with van der Waals surface area (Å²) in [6, 6.07) is 0.802.